The molecular weight excluding hydrogens is 650 g/mol. The summed E-state index contributed by atoms with van der Waals surface area (Å²) in [6.07, 6.45) is 1.91. The number of sulfone groups is 1. The van der Waals surface area contributed by atoms with Gasteiger partial charge in [-0.2, -0.15) is 0 Å². The van der Waals surface area contributed by atoms with Crippen molar-refractivity contribution in [3.8, 4) is 21.6 Å². The number of benzene rings is 1. The van der Waals surface area contributed by atoms with Crippen LogP contribution in [0.2, 0.25) is 5.02 Å². The molecule has 0 atom stereocenters. The highest BCUT2D eigenvalue weighted by Crippen LogP contribution is 2.37. The smallest absolute Gasteiger partial charge is 0.308 e. The first kappa shape index (κ1) is 38.1. The fraction of sp³-hybridized carbons (Fsp3) is 0.529. The largest absolute Gasteiger partial charge is 0.465 e. The molecule has 46 heavy (non-hydrogen) atoms. The molecule has 12 heteroatoms. The maximum Gasteiger partial charge on any atom is 0.308 e. The van der Waals surface area contributed by atoms with Crippen LogP contribution in [-0.4, -0.2) is 85.1 Å². The van der Waals surface area contributed by atoms with Gasteiger partial charge in [0.15, 0.2) is 9.84 Å². The van der Waals surface area contributed by atoms with Gasteiger partial charge in [-0.25, -0.2) is 8.42 Å². The van der Waals surface area contributed by atoms with Crippen LogP contribution in [0.25, 0.3) is 21.6 Å². The molecule has 0 saturated carbocycles. The first-order valence-electron chi connectivity index (χ1n) is 15.3. The van der Waals surface area contributed by atoms with Crippen molar-refractivity contribution in [1.82, 2.24) is 4.98 Å². The lowest BCUT2D eigenvalue weighted by molar-refractivity contribution is -0.146. The molecule has 0 spiro atoms. The normalized spacial score (nSPS) is 12.2. The van der Waals surface area contributed by atoms with Crippen molar-refractivity contribution >= 4 is 38.7 Å². The van der Waals surface area contributed by atoms with E-state index in [0.717, 1.165) is 27.3 Å². The number of aromatic nitrogens is 1. The standard InChI is InChI=1S/C34H46ClNO8S2/c1-25(2)22-46(38,39)23-26-6-7-29(30(35)18-26)31-19-28(21-45-31)27-8-10-36-32(20-27)34(3,4)24-44-33(37)9-11-41-14-15-43-17-16-42-13-12-40-5/h6-8,10,18-21,25H,9,11-17,22-24H2,1-5H3. The minimum atomic E-state index is -3.20. The second-order valence-corrected chi connectivity index (χ2v) is 15.4. The van der Waals surface area contributed by atoms with Gasteiger partial charge in [0, 0.05) is 39.9 Å². The summed E-state index contributed by atoms with van der Waals surface area (Å²) in [4.78, 5) is 17.9. The SMILES string of the molecule is COCCOCCOCCOCCC(=O)OCC(C)(C)c1cc(-c2csc(-c3ccc(CS(=O)(=O)CC(C)C)cc3Cl)c2)ccn1. The number of hydrogen-bond acceptors (Lipinski definition) is 10. The lowest BCUT2D eigenvalue weighted by Gasteiger charge is -2.24. The summed E-state index contributed by atoms with van der Waals surface area (Å²) in [7, 11) is -1.58. The van der Waals surface area contributed by atoms with Gasteiger partial charge in [0.25, 0.3) is 0 Å². The molecule has 0 bridgehead atoms. The third-order valence-corrected chi connectivity index (χ3v) is 10.1. The average Bonchev–Trinajstić information content (AvgIpc) is 3.48. The summed E-state index contributed by atoms with van der Waals surface area (Å²) >= 11 is 8.18. The quantitative estimate of drug-likeness (QED) is 0.0898. The van der Waals surface area contributed by atoms with Crippen molar-refractivity contribution in [3.63, 3.8) is 0 Å². The Hall–Kier alpha value is -2.38. The van der Waals surface area contributed by atoms with Gasteiger partial charge in [-0.05, 0) is 52.3 Å². The van der Waals surface area contributed by atoms with Crippen LogP contribution in [0.1, 0.15) is 45.4 Å². The molecular formula is C34H46ClNO8S2. The summed E-state index contributed by atoms with van der Waals surface area (Å²) in [6, 6.07) is 11.5. The fourth-order valence-corrected chi connectivity index (χ4v) is 7.66. The number of thiophene rings is 1. The summed E-state index contributed by atoms with van der Waals surface area (Å²) in [6.45, 7) is 11.1. The maximum atomic E-state index is 12.4. The summed E-state index contributed by atoms with van der Waals surface area (Å²) in [5.41, 5.74) is 3.81. The molecule has 0 unspecified atom stereocenters. The topological polar surface area (TPSA) is 110 Å². The summed E-state index contributed by atoms with van der Waals surface area (Å²) < 4.78 is 51.6. The van der Waals surface area contributed by atoms with Gasteiger partial charge in [-0.15, -0.1) is 11.3 Å². The highest BCUT2D eigenvalue weighted by atomic mass is 35.5. The van der Waals surface area contributed by atoms with Crippen LogP contribution in [0.3, 0.4) is 0 Å². The Labute approximate surface area is 282 Å². The molecule has 0 aliphatic carbocycles. The molecule has 1 aromatic carbocycles. The Kier molecular flexibility index (Phi) is 15.6. The van der Waals surface area contributed by atoms with Crippen molar-refractivity contribution in [1.29, 1.82) is 0 Å². The summed E-state index contributed by atoms with van der Waals surface area (Å²) in [5, 5.41) is 2.57. The van der Waals surface area contributed by atoms with Crippen LogP contribution < -0.4 is 0 Å². The van der Waals surface area contributed by atoms with Crippen molar-refractivity contribution < 1.29 is 36.9 Å². The monoisotopic (exact) mass is 695 g/mol. The molecule has 0 fully saturated rings. The third-order valence-electron chi connectivity index (χ3n) is 6.88. The second kappa shape index (κ2) is 18.8. The van der Waals surface area contributed by atoms with Gasteiger partial charge in [-0.1, -0.05) is 51.4 Å². The van der Waals surface area contributed by atoms with Crippen LogP contribution in [0.4, 0.5) is 0 Å². The molecule has 2 heterocycles. The van der Waals surface area contributed by atoms with E-state index in [1.165, 1.54) is 0 Å². The average molecular weight is 696 g/mol. The van der Waals surface area contributed by atoms with Gasteiger partial charge in [0.2, 0.25) is 0 Å². The molecule has 0 amide bonds. The van der Waals surface area contributed by atoms with E-state index in [2.05, 4.69) is 16.4 Å². The Morgan fingerprint density at radius 1 is 0.935 bits per heavy atom. The van der Waals surface area contributed by atoms with E-state index < -0.39 is 15.3 Å². The molecule has 3 aromatic rings. The third kappa shape index (κ3) is 13.0. The Morgan fingerprint density at radius 2 is 1.61 bits per heavy atom. The number of rotatable bonds is 21. The van der Waals surface area contributed by atoms with Crippen molar-refractivity contribution in [3.05, 3.63) is 64.3 Å². The molecule has 2 aromatic heterocycles. The zero-order chi connectivity index (χ0) is 33.6. The Balaban J connectivity index is 1.49. The molecule has 0 aliphatic heterocycles. The first-order valence-corrected chi connectivity index (χ1v) is 18.4. The van der Waals surface area contributed by atoms with Crippen LogP contribution in [-0.2, 0) is 49.5 Å². The minimum absolute atomic E-state index is 0.0257. The van der Waals surface area contributed by atoms with E-state index in [9.17, 15) is 13.2 Å². The number of halogens is 1. The molecule has 3 rings (SSSR count). The van der Waals surface area contributed by atoms with Gasteiger partial charge in [-0.3, -0.25) is 9.78 Å². The molecule has 254 valence electrons. The van der Waals surface area contributed by atoms with Crippen molar-refractivity contribution in [2.75, 3.05) is 65.7 Å². The fourth-order valence-electron chi connectivity index (χ4n) is 4.52. The molecule has 0 saturated heterocycles. The number of methoxy groups -OCH3 is 1. The second-order valence-electron chi connectivity index (χ2n) is 12.0. The lowest BCUT2D eigenvalue weighted by atomic mass is 9.88. The van der Waals surface area contributed by atoms with Gasteiger partial charge >= 0.3 is 5.97 Å². The number of pyridine rings is 1. The van der Waals surface area contributed by atoms with Crippen LogP contribution in [0, 0.1) is 5.92 Å². The van der Waals surface area contributed by atoms with E-state index in [4.69, 9.17) is 35.3 Å². The van der Waals surface area contributed by atoms with E-state index in [1.54, 1.807) is 30.7 Å². The van der Waals surface area contributed by atoms with Crippen molar-refractivity contribution in [2.45, 2.75) is 45.3 Å². The zero-order valence-electron chi connectivity index (χ0n) is 27.4. The summed E-state index contributed by atoms with van der Waals surface area (Å²) in [5.74, 6) is -0.141. The number of carbonyl (C=O) groups is 1. The van der Waals surface area contributed by atoms with Crippen LogP contribution >= 0.6 is 22.9 Å². The van der Waals surface area contributed by atoms with E-state index in [0.29, 0.717) is 50.2 Å². The Morgan fingerprint density at radius 3 is 2.26 bits per heavy atom. The Bertz CT molecular complexity index is 1490. The first-order chi connectivity index (χ1) is 21.9. The zero-order valence-corrected chi connectivity index (χ0v) is 29.8. The van der Waals surface area contributed by atoms with E-state index in [1.807, 2.05) is 52.0 Å². The molecule has 9 nitrogen and oxygen atoms in total. The molecule has 0 aliphatic rings. The van der Waals surface area contributed by atoms with Gasteiger partial charge in [0.1, 0.15) is 6.61 Å². The molecule has 0 radical (unpaired) electrons. The molecule has 0 N–H and O–H groups in total. The highest BCUT2D eigenvalue weighted by Gasteiger charge is 2.25. The number of esters is 1. The van der Waals surface area contributed by atoms with E-state index >= 15 is 0 Å². The maximum absolute atomic E-state index is 12.4. The van der Waals surface area contributed by atoms with Crippen LogP contribution in [0.15, 0.2) is 48.0 Å². The predicted octanol–water partition coefficient (Wildman–Crippen LogP) is 6.61. The predicted molar refractivity (Wildman–Crippen MR) is 183 cm³/mol. The van der Waals surface area contributed by atoms with Gasteiger partial charge in [0.05, 0.1) is 64.2 Å². The number of nitrogens with zero attached hydrogens (tertiary/aromatic N) is 1. The lowest BCUT2D eigenvalue weighted by Crippen LogP contribution is -2.27. The van der Waals surface area contributed by atoms with E-state index in [-0.39, 0.29) is 43.0 Å². The number of hydrogen-bond donors (Lipinski definition) is 0. The van der Waals surface area contributed by atoms with Gasteiger partial charge < -0.3 is 23.7 Å². The number of ether oxygens (including phenoxy) is 5. The minimum Gasteiger partial charge on any atom is -0.465 e. The number of carbonyl (C=O) groups excluding carboxylic acids is 1. The highest BCUT2D eigenvalue weighted by molar-refractivity contribution is 7.90. The van der Waals surface area contributed by atoms with Crippen LogP contribution in [0.5, 0.6) is 0 Å². The van der Waals surface area contributed by atoms with Crippen molar-refractivity contribution in [2.24, 2.45) is 5.92 Å².